The van der Waals surface area contributed by atoms with Crippen LogP contribution in [0.3, 0.4) is 0 Å². The number of hydrogen-bond donors (Lipinski definition) is 1. The van der Waals surface area contributed by atoms with Crippen LogP contribution in [0.5, 0.6) is 0 Å². The molecular formula is C14H26N2O3. The van der Waals surface area contributed by atoms with Crippen molar-refractivity contribution in [3.05, 3.63) is 0 Å². The van der Waals surface area contributed by atoms with Crippen molar-refractivity contribution in [2.75, 3.05) is 40.5 Å². The summed E-state index contributed by atoms with van der Waals surface area (Å²) < 4.78 is 10.8. The zero-order valence-corrected chi connectivity index (χ0v) is 12.3. The molecule has 5 heteroatoms. The van der Waals surface area contributed by atoms with Crippen LogP contribution < -0.4 is 5.32 Å². The van der Waals surface area contributed by atoms with Crippen LogP contribution in [0, 0.1) is 5.41 Å². The molecule has 0 amide bonds. The Labute approximate surface area is 115 Å². The third-order valence-corrected chi connectivity index (χ3v) is 4.06. The van der Waals surface area contributed by atoms with Gasteiger partial charge in [0.1, 0.15) is 6.04 Å². The highest BCUT2D eigenvalue weighted by molar-refractivity contribution is 5.77. The van der Waals surface area contributed by atoms with Crippen molar-refractivity contribution in [1.82, 2.24) is 10.2 Å². The van der Waals surface area contributed by atoms with Gasteiger partial charge < -0.3 is 19.7 Å². The Kier molecular flexibility index (Phi) is 4.81. The standard InChI is InChI=1S/C14H26N2O3/c1-4-19-13(17)11-8-14(9-12(14)15-11)10-18-7-5-6-16(2)3/h11-12,15H,4-10H2,1-3H3/t11-,12-,14+/m0/s1. The number of carbonyl (C=O) groups excluding carboxylic acids is 1. The predicted octanol–water partition coefficient (Wildman–Crippen LogP) is 0.638. The van der Waals surface area contributed by atoms with E-state index < -0.39 is 0 Å². The molecule has 1 saturated heterocycles. The summed E-state index contributed by atoms with van der Waals surface area (Å²) in [5.41, 5.74) is 0.204. The summed E-state index contributed by atoms with van der Waals surface area (Å²) in [5, 5.41) is 3.35. The van der Waals surface area contributed by atoms with Gasteiger partial charge in [0.2, 0.25) is 0 Å². The SMILES string of the molecule is CCOC(=O)[C@@H]1C[C@]2(COCCCN(C)C)C[C@@H]2N1. The fourth-order valence-electron chi connectivity index (χ4n) is 2.89. The molecule has 1 aliphatic heterocycles. The molecule has 0 bridgehead atoms. The summed E-state index contributed by atoms with van der Waals surface area (Å²) in [7, 11) is 4.14. The van der Waals surface area contributed by atoms with Gasteiger partial charge in [-0.05, 0) is 46.8 Å². The summed E-state index contributed by atoms with van der Waals surface area (Å²) in [5.74, 6) is -0.110. The number of hydrogen-bond acceptors (Lipinski definition) is 5. The highest BCUT2D eigenvalue weighted by Crippen LogP contribution is 2.54. The molecule has 1 heterocycles. The molecule has 110 valence electrons. The van der Waals surface area contributed by atoms with Crippen molar-refractivity contribution in [2.45, 2.75) is 38.3 Å². The second kappa shape index (κ2) is 6.20. The van der Waals surface area contributed by atoms with E-state index in [0.717, 1.165) is 39.0 Å². The number of esters is 1. The number of ether oxygens (including phenoxy) is 2. The molecule has 2 rings (SSSR count). The number of carbonyl (C=O) groups is 1. The van der Waals surface area contributed by atoms with Crippen molar-refractivity contribution in [3.8, 4) is 0 Å². The molecule has 0 unspecified atom stereocenters. The molecule has 2 aliphatic rings. The van der Waals surface area contributed by atoms with Crippen molar-refractivity contribution in [3.63, 3.8) is 0 Å². The van der Waals surface area contributed by atoms with Crippen molar-refractivity contribution >= 4 is 5.97 Å². The van der Waals surface area contributed by atoms with Crippen molar-refractivity contribution in [2.24, 2.45) is 5.41 Å². The van der Waals surface area contributed by atoms with Crippen LogP contribution in [0.15, 0.2) is 0 Å². The molecule has 5 nitrogen and oxygen atoms in total. The quantitative estimate of drug-likeness (QED) is 0.518. The van der Waals surface area contributed by atoms with Gasteiger partial charge >= 0.3 is 5.97 Å². The number of rotatable bonds is 8. The second-order valence-corrected chi connectivity index (χ2v) is 6.00. The van der Waals surface area contributed by atoms with E-state index in [-0.39, 0.29) is 17.4 Å². The largest absolute Gasteiger partial charge is 0.465 e. The second-order valence-electron chi connectivity index (χ2n) is 6.00. The van der Waals surface area contributed by atoms with Crippen molar-refractivity contribution in [1.29, 1.82) is 0 Å². The maximum Gasteiger partial charge on any atom is 0.323 e. The van der Waals surface area contributed by atoms with E-state index in [0.29, 0.717) is 12.6 Å². The lowest BCUT2D eigenvalue weighted by Gasteiger charge is -2.16. The molecule has 19 heavy (non-hydrogen) atoms. The van der Waals surface area contributed by atoms with Gasteiger partial charge in [0.05, 0.1) is 13.2 Å². The number of fused-ring (bicyclic) bond motifs is 1. The van der Waals surface area contributed by atoms with Gasteiger partial charge in [-0.25, -0.2) is 0 Å². The molecule has 2 fully saturated rings. The van der Waals surface area contributed by atoms with Gasteiger partial charge in [0.15, 0.2) is 0 Å². The lowest BCUT2D eigenvalue weighted by atomic mass is 10.0. The molecule has 1 aliphatic carbocycles. The zero-order valence-electron chi connectivity index (χ0n) is 12.3. The van der Waals surface area contributed by atoms with Crippen LogP contribution in [-0.2, 0) is 14.3 Å². The van der Waals surface area contributed by atoms with Gasteiger partial charge in [0, 0.05) is 18.1 Å². The van der Waals surface area contributed by atoms with Crippen molar-refractivity contribution < 1.29 is 14.3 Å². The van der Waals surface area contributed by atoms with E-state index in [1.54, 1.807) is 0 Å². The molecule has 1 saturated carbocycles. The summed E-state index contributed by atoms with van der Waals surface area (Å²) in [6.45, 7) is 4.93. The Balaban J connectivity index is 1.64. The van der Waals surface area contributed by atoms with Crippen LogP contribution in [-0.4, -0.2) is 63.4 Å². The maximum atomic E-state index is 11.7. The molecule has 1 N–H and O–H groups in total. The monoisotopic (exact) mass is 270 g/mol. The third kappa shape index (κ3) is 3.68. The molecular weight excluding hydrogens is 244 g/mol. The Morgan fingerprint density at radius 1 is 1.42 bits per heavy atom. The minimum atomic E-state index is -0.121. The van der Waals surface area contributed by atoms with E-state index >= 15 is 0 Å². The smallest absolute Gasteiger partial charge is 0.323 e. The van der Waals surface area contributed by atoms with Gasteiger partial charge in [-0.3, -0.25) is 4.79 Å². The number of nitrogens with zero attached hydrogens (tertiary/aromatic N) is 1. The van der Waals surface area contributed by atoms with E-state index in [1.165, 1.54) is 0 Å². The number of nitrogens with one attached hydrogen (secondary N) is 1. The van der Waals surface area contributed by atoms with Gasteiger partial charge in [0.25, 0.3) is 0 Å². The van der Waals surface area contributed by atoms with Crippen LogP contribution in [0.4, 0.5) is 0 Å². The molecule has 0 aromatic carbocycles. The highest BCUT2D eigenvalue weighted by Gasteiger charge is 2.61. The molecule has 3 atom stereocenters. The average molecular weight is 270 g/mol. The normalized spacial score (nSPS) is 32.4. The topological polar surface area (TPSA) is 50.8 Å². The maximum absolute atomic E-state index is 11.7. The minimum absolute atomic E-state index is 0.110. The van der Waals surface area contributed by atoms with Crippen LogP contribution in [0.2, 0.25) is 0 Å². The lowest BCUT2D eigenvalue weighted by molar-refractivity contribution is -0.145. The summed E-state index contributed by atoms with van der Waals surface area (Å²) in [6, 6.07) is 0.333. The first-order valence-corrected chi connectivity index (χ1v) is 7.22. The Morgan fingerprint density at radius 3 is 2.89 bits per heavy atom. The third-order valence-electron chi connectivity index (χ3n) is 4.06. The van der Waals surface area contributed by atoms with Crippen LogP contribution >= 0.6 is 0 Å². The summed E-state index contributed by atoms with van der Waals surface area (Å²) in [6.07, 6.45) is 3.06. The highest BCUT2D eigenvalue weighted by atomic mass is 16.5. The first-order valence-electron chi connectivity index (χ1n) is 7.22. The van der Waals surface area contributed by atoms with E-state index in [4.69, 9.17) is 9.47 Å². The Hall–Kier alpha value is -0.650. The van der Waals surface area contributed by atoms with Gasteiger partial charge in [-0.1, -0.05) is 0 Å². The lowest BCUT2D eigenvalue weighted by Crippen LogP contribution is -2.35. The van der Waals surface area contributed by atoms with Gasteiger partial charge in [-0.15, -0.1) is 0 Å². The summed E-state index contributed by atoms with van der Waals surface area (Å²) >= 11 is 0. The zero-order chi connectivity index (χ0) is 13.9. The number of piperidine rings is 1. The fraction of sp³-hybridized carbons (Fsp3) is 0.929. The Bertz CT molecular complexity index is 322. The molecule has 0 radical (unpaired) electrons. The fourth-order valence-corrected chi connectivity index (χ4v) is 2.89. The van der Waals surface area contributed by atoms with Crippen LogP contribution in [0.25, 0.3) is 0 Å². The van der Waals surface area contributed by atoms with E-state index in [1.807, 2.05) is 6.92 Å². The van der Waals surface area contributed by atoms with Gasteiger partial charge in [-0.2, -0.15) is 0 Å². The van der Waals surface area contributed by atoms with E-state index in [2.05, 4.69) is 24.3 Å². The predicted molar refractivity (Wildman–Crippen MR) is 73.0 cm³/mol. The van der Waals surface area contributed by atoms with E-state index in [9.17, 15) is 4.79 Å². The Morgan fingerprint density at radius 2 is 2.21 bits per heavy atom. The molecule has 0 aromatic heterocycles. The first kappa shape index (κ1) is 14.8. The molecule has 0 aromatic rings. The summed E-state index contributed by atoms with van der Waals surface area (Å²) in [4.78, 5) is 13.8. The van der Waals surface area contributed by atoms with Crippen LogP contribution in [0.1, 0.15) is 26.2 Å². The minimum Gasteiger partial charge on any atom is -0.465 e. The molecule has 0 spiro atoms. The average Bonchev–Trinajstić information content (AvgIpc) is 2.90. The first-order chi connectivity index (χ1) is 9.07.